The summed E-state index contributed by atoms with van der Waals surface area (Å²) in [5.41, 5.74) is 7.15. The lowest BCUT2D eigenvalue weighted by Crippen LogP contribution is -2.31. The molecule has 2 aromatic heterocycles. The normalized spacial score (nSPS) is 13.0. The van der Waals surface area contributed by atoms with Crippen molar-refractivity contribution in [3.63, 3.8) is 0 Å². The van der Waals surface area contributed by atoms with E-state index in [2.05, 4.69) is 20.5 Å². The molecule has 2 aromatic carbocycles. The molecule has 30 heavy (non-hydrogen) atoms. The summed E-state index contributed by atoms with van der Waals surface area (Å²) in [6.07, 6.45) is -0.971. The largest absolute Gasteiger partial charge is 0.419 e. The number of halogens is 4. The number of nitrogens with zero attached hydrogens (tertiary/aromatic N) is 2. The number of anilines is 1. The van der Waals surface area contributed by atoms with Crippen molar-refractivity contribution < 1.29 is 17.6 Å². The van der Waals surface area contributed by atoms with E-state index in [1.54, 1.807) is 12.4 Å². The standard InChI is InChI=1S/C20H17F4N5S/c21-16-6-11(1-3-15(16)20(22,23)24)5-14(25)9-26-19-27-10-18(30-19)12-2-4-17-13(7-12)8-28-29-17/h1-4,6-8,10,14H,5,9,25H2,(H,26,27)(H,28,29)/t14-/m0/s1. The van der Waals surface area contributed by atoms with Gasteiger partial charge in [0.05, 0.1) is 22.2 Å². The number of nitrogens with one attached hydrogen (secondary N) is 2. The molecule has 0 aliphatic carbocycles. The van der Waals surface area contributed by atoms with E-state index >= 15 is 0 Å². The topological polar surface area (TPSA) is 79.6 Å². The number of thiazole rings is 1. The maximum absolute atomic E-state index is 13.7. The van der Waals surface area contributed by atoms with Gasteiger partial charge in [-0.25, -0.2) is 9.37 Å². The Balaban J connectivity index is 1.36. The zero-order valence-electron chi connectivity index (χ0n) is 15.5. The van der Waals surface area contributed by atoms with Crippen LogP contribution in [-0.4, -0.2) is 27.8 Å². The predicted molar refractivity (Wildman–Crippen MR) is 109 cm³/mol. The van der Waals surface area contributed by atoms with Gasteiger partial charge in [0.1, 0.15) is 5.82 Å². The maximum Gasteiger partial charge on any atom is 0.419 e. The fraction of sp³-hybridized carbons (Fsp3) is 0.200. The lowest BCUT2D eigenvalue weighted by atomic mass is 10.0. The smallest absolute Gasteiger partial charge is 0.360 e. The molecule has 0 fully saturated rings. The molecule has 0 aliphatic rings. The summed E-state index contributed by atoms with van der Waals surface area (Å²) in [5.74, 6) is -1.29. The molecule has 0 unspecified atom stereocenters. The number of rotatable bonds is 6. The van der Waals surface area contributed by atoms with Crippen LogP contribution in [0.2, 0.25) is 0 Å². The Morgan fingerprint density at radius 1 is 1.13 bits per heavy atom. The molecule has 0 saturated heterocycles. The van der Waals surface area contributed by atoms with E-state index in [9.17, 15) is 17.6 Å². The minimum Gasteiger partial charge on any atom is -0.360 e. The van der Waals surface area contributed by atoms with Gasteiger partial charge in [0.15, 0.2) is 5.13 Å². The Labute approximate surface area is 172 Å². The highest BCUT2D eigenvalue weighted by molar-refractivity contribution is 7.18. The van der Waals surface area contributed by atoms with Crippen LogP contribution in [0.3, 0.4) is 0 Å². The molecule has 0 bridgehead atoms. The first-order valence-corrected chi connectivity index (χ1v) is 9.85. The summed E-state index contributed by atoms with van der Waals surface area (Å²) in [7, 11) is 0. The highest BCUT2D eigenvalue weighted by Gasteiger charge is 2.33. The number of nitrogens with two attached hydrogens (primary N) is 1. The van der Waals surface area contributed by atoms with Gasteiger partial charge in [-0.05, 0) is 41.8 Å². The predicted octanol–water partition coefficient (Wildman–Crippen LogP) is 4.83. The lowest BCUT2D eigenvalue weighted by Gasteiger charge is -2.14. The molecule has 4 rings (SSSR count). The second-order valence-corrected chi connectivity index (χ2v) is 7.89. The van der Waals surface area contributed by atoms with Crippen molar-refractivity contribution in [1.82, 2.24) is 15.2 Å². The fourth-order valence-corrected chi connectivity index (χ4v) is 3.91. The van der Waals surface area contributed by atoms with Crippen LogP contribution < -0.4 is 11.1 Å². The van der Waals surface area contributed by atoms with Crippen LogP contribution in [0.1, 0.15) is 11.1 Å². The average molecular weight is 435 g/mol. The molecule has 0 spiro atoms. The summed E-state index contributed by atoms with van der Waals surface area (Å²) in [5, 5.41) is 11.7. The molecule has 2 heterocycles. The lowest BCUT2D eigenvalue weighted by molar-refractivity contribution is -0.140. The molecule has 5 nitrogen and oxygen atoms in total. The van der Waals surface area contributed by atoms with E-state index in [0.717, 1.165) is 33.5 Å². The number of aromatic nitrogens is 3. The van der Waals surface area contributed by atoms with E-state index in [1.165, 1.54) is 17.4 Å². The van der Waals surface area contributed by atoms with Crippen LogP contribution in [0.4, 0.5) is 22.7 Å². The minimum absolute atomic E-state index is 0.234. The van der Waals surface area contributed by atoms with Gasteiger partial charge in [-0.2, -0.15) is 18.3 Å². The number of benzene rings is 2. The molecule has 4 aromatic rings. The Hall–Kier alpha value is -2.98. The van der Waals surface area contributed by atoms with Crippen LogP contribution in [0.15, 0.2) is 48.8 Å². The third kappa shape index (κ3) is 4.44. The second kappa shape index (κ2) is 8.04. The molecule has 10 heteroatoms. The van der Waals surface area contributed by atoms with Crippen molar-refractivity contribution in [3.8, 4) is 10.4 Å². The third-order valence-electron chi connectivity index (χ3n) is 4.58. The summed E-state index contributed by atoms with van der Waals surface area (Å²) < 4.78 is 51.7. The Kier molecular flexibility index (Phi) is 5.44. The van der Waals surface area contributed by atoms with Gasteiger partial charge in [-0.3, -0.25) is 5.10 Å². The first-order valence-electron chi connectivity index (χ1n) is 9.04. The van der Waals surface area contributed by atoms with Gasteiger partial charge < -0.3 is 11.1 Å². The summed E-state index contributed by atoms with van der Waals surface area (Å²) in [6.45, 7) is 0.344. The number of fused-ring (bicyclic) bond motifs is 1. The summed E-state index contributed by atoms with van der Waals surface area (Å²) >= 11 is 1.46. The number of hydrogen-bond donors (Lipinski definition) is 3. The first-order chi connectivity index (χ1) is 14.3. The van der Waals surface area contributed by atoms with E-state index in [1.807, 2.05) is 18.2 Å². The van der Waals surface area contributed by atoms with Gasteiger partial charge in [-0.1, -0.05) is 23.5 Å². The van der Waals surface area contributed by atoms with Crippen LogP contribution in [0, 0.1) is 5.82 Å². The van der Waals surface area contributed by atoms with Crippen LogP contribution >= 0.6 is 11.3 Å². The fourth-order valence-electron chi connectivity index (χ4n) is 3.09. The van der Waals surface area contributed by atoms with Gasteiger partial charge >= 0.3 is 6.18 Å². The maximum atomic E-state index is 13.7. The van der Waals surface area contributed by atoms with E-state index < -0.39 is 23.6 Å². The molecule has 4 N–H and O–H groups in total. The molecular formula is C20H17F4N5S. The van der Waals surface area contributed by atoms with Gasteiger partial charge in [0, 0.05) is 24.2 Å². The first kappa shape index (κ1) is 20.3. The van der Waals surface area contributed by atoms with Crippen molar-refractivity contribution >= 4 is 27.4 Å². The van der Waals surface area contributed by atoms with Crippen molar-refractivity contribution in [1.29, 1.82) is 0 Å². The number of aromatic amines is 1. The van der Waals surface area contributed by atoms with Crippen molar-refractivity contribution in [2.24, 2.45) is 5.73 Å². The molecule has 0 amide bonds. The SMILES string of the molecule is N[C@H](CNc1ncc(-c2ccc3[nH]ncc3c2)s1)Cc1ccc(C(F)(F)F)c(F)c1. The monoisotopic (exact) mass is 435 g/mol. The van der Waals surface area contributed by atoms with Crippen LogP contribution in [0.5, 0.6) is 0 Å². The van der Waals surface area contributed by atoms with Gasteiger partial charge in [0.25, 0.3) is 0 Å². The van der Waals surface area contributed by atoms with Gasteiger partial charge in [0.2, 0.25) is 0 Å². The van der Waals surface area contributed by atoms with E-state index in [0.29, 0.717) is 17.2 Å². The highest BCUT2D eigenvalue weighted by Crippen LogP contribution is 2.32. The van der Waals surface area contributed by atoms with E-state index in [4.69, 9.17) is 5.73 Å². The van der Waals surface area contributed by atoms with E-state index in [-0.39, 0.29) is 6.42 Å². The summed E-state index contributed by atoms with van der Waals surface area (Å²) in [4.78, 5) is 5.31. The molecular weight excluding hydrogens is 418 g/mol. The second-order valence-electron chi connectivity index (χ2n) is 6.86. The molecule has 0 radical (unpaired) electrons. The quantitative estimate of drug-likeness (QED) is 0.379. The molecule has 156 valence electrons. The Morgan fingerprint density at radius 3 is 2.73 bits per heavy atom. The number of hydrogen-bond acceptors (Lipinski definition) is 5. The minimum atomic E-state index is -4.71. The van der Waals surface area contributed by atoms with Crippen LogP contribution in [0.25, 0.3) is 21.3 Å². The number of alkyl halides is 3. The average Bonchev–Trinajstić information content (AvgIpc) is 3.34. The molecule has 0 saturated carbocycles. The van der Waals surface area contributed by atoms with Crippen LogP contribution in [-0.2, 0) is 12.6 Å². The zero-order chi connectivity index (χ0) is 21.3. The van der Waals surface area contributed by atoms with Crippen molar-refractivity contribution in [3.05, 3.63) is 65.7 Å². The number of H-pyrrole nitrogens is 1. The highest BCUT2D eigenvalue weighted by atomic mass is 32.1. The Morgan fingerprint density at radius 2 is 1.97 bits per heavy atom. The van der Waals surface area contributed by atoms with Crippen molar-refractivity contribution in [2.45, 2.75) is 18.6 Å². The zero-order valence-corrected chi connectivity index (χ0v) is 16.3. The summed E-state index contributed by atoms with van der Waals surface area (Å²) in [6, 6.07) is 8.40. The molecule has 0 aliphatic heterocycles. The molecule has 1 atom stereocenters. The third-order valence-corrected chi connectivity index (χ3v) is 5.59. The van der Waals surface area contributed by atoms with Gasteiger partial charge in [-0.15, -0.1) is 0 Å². The Bertz CT molecular complexity index is 1170. The van der Waals surface area contributed by atoms with Crippen molar-refractivity contribution in [2.75, 3.05) is 11.9 Å².